The Morgan fingerprint density at radius 1 is 1.05 bits per heavy atom. The van der Waals surface area contributed by atoms with E-state index in [-0.39, 0.29) is 17.5 Å². The molecule has 1 aliphatic carbocycles. The van der Waals surface area contributed by atoms with Gasteiger partial charge in [-0.05, 0) is 43.2 Å². The third kappa shape index (κ3) is 5.04. The Morgan fingerprint density at radius 2 is 1.85 bits per heavy atom. The molecule has 1 aromatic carbocycles. The van der Waals surface area contributed by atoms with E-state index in [1.54, 1.807) is 19.0 Å². The molecule has 39 heavy (non-hydrogen) atoms. The lowest BCUT2D eigenvalue weighted by Crippen LogP contribution is -2.43. The topological polar surface area (TPSA) is 91.2 Å². The van der Waals surface area contributed by atoms with E-state index in [1.165, 1.54) is 6.20 Å². The van der Waals surface area contributed by atoms with Crippen LogP contribution < -0.4 is 15.5 Å². The molecule has 2 aliphatic rings. The highest BCUT2D eigenvalue weighted by Gasteiger charge is 2.26. The molecule has 202 valence electrons. The maximum atomic E-state index is 15.0. The van der Waals surface area contributed by atoms with Crippen molar-refractivity contribution in [1.29, 1.82) is 0 Å². The van der Waals surface area contributed by atoms with Crippen molar-refractivity contribution in [1.82, 2.24) is 29.7 Å². The molecule has 1 saturated heterocycles. The molecule has 6 rings (SSSR count). The van der Waals surface area contributed by atoms with Crippen LogP contribution in [0.1, 0.15) is 42.2 Å². The normalized spacial score (nSPS) is 16.1. The first-order valence-electron chi connectivity index (χ1n) is 13.6. The summed E-state index contributed by atoms with van der Waals surface area (Å²) in [7, 11) is 3.53. The number of hydrogen-bond acceptors (Lipinski definition) is 7. The number of nitrogens with zero attached hydrogens (tertiary/aromatic N) is 6. The van der Waals surface area contributed by atoms with Gasteiger partial charge in [0.05, 0.1) is 18.1 Å². The van der Waals surface area contributed by atoms with Crippen LogP contribution in [0, 0.1) is 5.82 Å². The molecule has 1 aliphatic heterocycles. The van der Waals surface area contributed by atoms with Gasteiger partial charge in [0.25, 0.3) is 5.91 Å². The van der Waals surface area contributed by atoms with Crippen LogP contribution in [-0.4, -0.2) is 70.6 Å². The molecule has 0 unspecified atom stereocenters. The maximum Gasteiger partial charge on any atom is 0.270 e. The highest BCUT2D eigenvalue weighted by Crippen LogP contribution is 2.36. The van der Waals surface area contributed by atoms with Crippen molar-refractivity contribution in [3.63, 3.8) is 0 Å². The predicted octanol–water partition coefficient (Wildman–Crippen LogP) is 4.60. The summed E-state index contributed by atoms with van der Waals surface area (Å²) in [5.41, 5.74) is 3.53. The molecule has 2 N–H and O–H groups in total. The van der Waals surface area contributed by atoms with E-state index in [2.05, 4.69) is 35.1 Å². The molecular weight excluding hydrogens is 495 g/mol. The van der Waals surface area contributed by atoms with Gasteiger partial charge in [-0.15, -0.1) is 0 Å². The first-order chi connectivity index (χ1) is 19.0. The second kappa shape index (κ2) is 10.6. The average molecular weight is 529 g/mol. The van der Waals surface area contributed by atoms with E-state index >= 15 is 0 Å². The van der Waals surface area contributed by atoms with E-state index in [1.807, 2.05) is 42.6 Å². The lowest BCUT2D eigenvalue weighted by molar-refractivity contribution is 0.0815. The van der Waals surface area contributed by atoms with E-state index in [9.17, 15) is 9.18 Å². The number of halogens is 1. The van der Waals surface area contributed by atoms with Gasteiger partial charge < -0.3 is 25.0 Å². The van der Waals surface area contributed by atoms with Crippen LogP contribution in [0.3, 0.4) is 0 Å². The number of carbonyl (C=O) groups is 1. The largest absolute Gasteiger partial charge is 0.368 e. The molecule has 4 aromatic rings. The zero-order chi connectivity index (χ0) is 26.9. The average Bonchev–Trinajstić information content (AvgIpc) is 3.62. The minimum atomic E-state index is -0.512. The molecule has 10 heteroatoms. The van der Waals surface area contributed by atoms with Gasteiger partial charge in [-0.2, -0.15) is 0 Å². The second-order valence-corrected chi connectivity index (χ2v) is 10.5. The van der Waals surface area contributed by atoms with Crippen LogP contribution >= 0.6 is 0 Å². The summed E-state index contributed by atoms with van der Waals surface area (Å²) < 4.78 is 17.1. The smallest absolute Gasteiger partial charge is 0.270 e. The van der Waals surface area contributed by atoms with E-state index in [4.69, 9.17) is 0 Å². The van der Waals surface area contributed by atoms with Crippen LogP contribution in [-0.2, 0) is 0 Å². The number of carbonyl (C=O) groups excluding carboxylic acids is 1. The number of aromatic nitrogens is 4. The summed E-state index contributed by atoms with van der Waals surface area (Å²) in [6.07, 6.45) is 7.43. The zero-order valence-corrected chi connectivity index (χ0v) is 22.3. The third-order valence-corrected chi connectivity index (χ3v) is 7.64. The fourth-order valence-electron chi connectivity index (χ4n) is 5.65. The standard InChI is InChI=1S/C29H33FN8O/c1-36(2)28(39)25-16-20-15-19(7-9-24(20)38(25)21-5-3-4-6-21)27-23(30)18-33-29(35-27)34-26-10-8-22(17-32-26)37-13-11-31-12-14-37/h7-10,15-18,21,31H,3-6,11-14H2,1-2H3,(H,32,33,34,35). The van der Waals surface area contributed by atoms with Gasteiger partial charge in [0.15, 0.2) is 5.82 Å². The second-order valence-electron chi connectivity index (χ2n) is 10.5. The molecule has 0 atom stereocenters. The Morgan fingerprint density at radius 3 is 2.56 bits per heavy atom. The summed E-state index contributed by atoms with van der Waals surface area (Å²) in [5.74, 6) is 0.305. The number of nitrogens with one attached hydrogen (secondary N) is 2. The highest BCUT2D eigenvalue weighted by molar-refractivity contribution is 5.99. The van der Waals surface area contributed by atoms with Crippen molar-refractivity contribution in [3.05, 3.63) is 60.3 Å². The Bertz CT molecular complexity index is 1490. The SMILES string of the molecule is CN(C)C(=O)c1cc2cc(-c3nc(Nc4ccc(N5CCNCC5)cn4)ncc3F)ccc2n1C1CCCC1. The first-order valence-corrected chi connectivity index (χ1v) is 13.6. The Balaban J connectivity index is 1.29. The number of pyridine rings is 1. The molecule has 9 nitrogen and oxygen atoms in total. The minimum absolute atomic E-state index is 0.0326. The van der Waals surface area contributed by atoms with Crippen LogP contribution in [0.15, 0.2) is 48.8 Å². The van der Waals surface area contributed by atoms with Gasteiger partial charge in [0.1, 0.15) is 17.2 Å². The van der Waals surface area contributed by atoms with E-state index in [0.29, 0.717) is 23.1 Å². The van der Waals surface area contributed by atoms with Crippen LogP contribution in [0.25, 0.3) is 22.2 Å². The molecular formula is C29H33FN8O. The molecule has 3 aromatic heterocycles. The summed E-state index contributed by atoms with van der Waals surface area (Å²) in [5, 5.41) is 7.34. The first kappa shape index (κ1) is 25.2. The minimum Gasteiger partial charge on any atom is -0.368 e. The van der Waals surface area contributed by atoms with Crippen molar-refractivity contribution in [2.75, 3.05) is 50.5 Å². The van der Waals surface area contributed by atoms with Crippen LogP contribution in [0.2, 0.25) is 0 Å². The Hall–Kier alpha value is -4.05. The van der Waals surface area contributed by atoms with Crippen molar-refractivity contribution >= 4 is 34.3 Å². The quantitative estimate of drug-likeness (QED) is 0.378. The Labute approximate surface area is 227 Å². The summed E-state index contributed by atoms with van der Waals surface area (Å²) in [6, 6.07) is 11.9. The molecule has 4 heterocycles. The zero-order valence-electron chi connectivity index (χ0n) is 22.3. The van der Waals surface area contributed by atoms with Crippen molar-refractivity contribution in [2.24, 2.45) is 0 Å². The number of piperazine rings is 1. The molecule has 0 bridgehead atoms. The Kier molecular flexibility index (Phi) is 6.86. The summed E-state index contributed by atoms with van der Waals surface area (Å²) in [4.78, 5) is 30.1. The van der Waals surface area contributed by atoms with E-state index in [0.717, 1.165) is 68.5 Å². The van der Waals surface area contributed by atoms with Crippen molar-refractivity contribution in [2.45, 2.75) is 31.7 Å². The lowest BCUT2D eigenvalue weighted by Gasteiger charge is -2.29. The fourth-order valence-corrected chi connectivity index (χ4v) is 5.65. The maximum absolute atomic E-state index is 15.0. The van der Waals surface area contributed by atoms with Gasteiger partial charge in [-0.25, -0.2) is 19.3 Å². The number of fused-ring (bicyclic) bond motifs is 1. The number of benzene rings is 1. The van der Waals surface area contributed by atoms with Crippen molar-refractivity contribution in [3.8, 4) is 11.3 Å². The molecule has 2 fully saturated rings. The summed E-state index contributed by atoms with van der Waals surface area (Å²) in [6.45, 7) is 3.79. The predicted molar refractivity (Wildman–Crippen MR) is 151 cm³/mol. The van der Waals surface area contributed by atoms with Crippen molar-refractivity contribution < 1.29 is 9.18 Å². The van der Waals surface area contributed by atoms with Crippen LogP contribution in [0.4, 0.5) is 21.8 Å². The van der Waals surface area contributed by atoms with Gasteiger partial charge in [0.2, 0.25) is 5.95 Å². The van der Waals surface area contributed by atoms with Gasteiger partial charge >= 0.3 is 0 Å². The van der Waals surface area contributed by atoms with Gasteiger partial charge in [-0.1, -0.05) is 18.9 Å². The number of rotatable bonds is 6. The number of amides is 1. The van der Waals surface area contributed by atoms with Gasteiger partial charge in [0, 0.05) is 62.8 Å². The fraction of sp³-hybridized carbons (Fsp3) is 0.379. The molecule has 1 saturated carbocycles. The molecule has 1 amide bonds. The number of anilines is 3. The van der Waals surface area contributed by atoms with Gasteiger partial charge in [-0.3, -0.25) is 4.79 Å². The number of hydrogen-bond donors (Lipinski definition) is 2. The lowest BCUT2D eigenvalue weighted by atomic mass is 10.1. The summed E-state index contributed by atoms with van der Waals surface area (Å²) >= 11 is 0. The van der Waals surface area contributed by atoms with Crippen LogP contribution in [0.5, 0.6) is 0 Å². The third-order valence-electron chi connectivity index (χ3n) is 7.64. The highest BCUT2D eigenvalue weighted by atomic mass is 19.1. The molecule has 0 radical (unpaired) electrons. The monoisotopic (exact) mass is 528 g/mol. The van der Waals surface area contributed by atoms with E-state index < -0.39 is 5.82 Å². The molecule has 0 spiro atoms.